The summed E-state index contributed by atoms with van der Waals surface area (Å²) in [6.07, 6.45) is 0. The first-order valence-corrected chi connectivity index (χ1v) is 14.6. The Bertz CT molecular complexity index is 1740. The highest BCUT2D eigenvalue weighted by molar-refractivity contribution is 7.99. The number of ether oxygens (including phenoxy) is 1. The van der Waals surface area contributed by atoms with E-state index in [4.69, 9.17) is 21.9 Å². The van der Waals surface area contributed by atoms with Gasteiger partial charge in [-0.15, -0.1) is 0 Å². The maximum atomic E-state index is 13.9. The van der Waals surface area contributed by atoms with Gasteiger partial charge in [0.2, 0.25) is 5.91 Å². The standard InChI is InChI=1S/C29H26N4O3S3/c1-3-36-22-15-13-21(14-16-22)32-26-25(39-29(32)37)27(35)33(23-12-8-7-9-19(23)2)28(31-26)38-18-24(34)30-17-20-10-5-4-6-11-20/h4-16H,3,17-18H2,1-2H3,(H,30,34). The van der Waals surface area contributed by atoms with E-state index in [0.717, 1.165) is 28.3 Å². The van der Waals surface area contributed by atoms with Crippen LogP contribution in [-0.4, -0.2) is 32.4 Å². The molecule has 3 aromatic carbocycles. The second-order valence-electron chi connectivity index (χ2n) is 8.66. The molecule has 1 amide bonds. The Hall–Kier alpha value is -3.73. The van der Waals surface area contributed by atoms with Crippen LogP contribution in [0.3, 0.4) is 0 Å². The van der Waals surface area contributed by atoms with E-state index in [1.807, 2.05) is 92.7 Å². The number of carbonyl (C=O) groups excluding carboxylic acids is 1. The lowest BCUT2D eigenvalue weighted by molar-refractivity contribution is -0.118. The highest BCUT2D eigenvalue weighted by Crippen LogP contribution is 2.29. The molecular weight excluding hydrogens is 549 g/mol. The number of hydrogen-bond donors (Lipinski definition) is 1. The molecule has 10 heteroatoms. The number of hydrogen-bond acceptors (Lipinski definition) is 7. The molecule has 0 saturated carbocycles. The molecule has 0 aliphatic rings. The number of nitrogens with one attached hydrogen (secondary N) is 1. The fraction of sp³-hybridized carbons (Fsp3) is 0.172. The minimum atomic E-state index is -0.220. The molecule has 0 aliphatic carbocycles. The molecule has 0 saturated heterocycles. The first-order valence-electron chi connectivity index (χ1n) is 12.4. The maximum absolute atomic E-state index is 13.9. The van der Waals surface area contributed by atoms with Gasteiger partial charge in [0.15, 0.2) is 14.8 Å². The number of aromatic nitrogens is 3. The zero-order valence-corrected chi connectivity index (χ0v) is 23.9. The third-order valence-corrected chi connectivity index (χ3v) is 8.29. The van der Waals surface area contributed by atoms with Crippen molar-refractivity contribution in [2.24, 2.45) is 0 Å². The van der Waals surface area contributed by atoms with Gasteiger partial charge in [0.25, 0.3) is 5.56 Å². The van der Waals surface area contributed by atoms with Crippen molar-refractivity contribution >= 4 is 51.6 Å². The minimum Gasteiger partial charge on any atom is -0.494 e. The molecule has 198 valence electrons. The highest BCUT2D eigenvalue weighted by Gasteiger charge is 2.20. The third-order valence-electron chi connectivity index (χ3n) is 6.00. The van der Waals surface area contributed by atoms with Gasteiger partial charge in [0.05, 0.1) is 18.0 Å². The molecule has 7 nitrogen and oxygen atoms in total. The van der Waals surface area contributed by atoms with E-state index >= 15 is 0 Å². The number of benzene rings is 3. The Morgan fingerprint density at radius 1 is 1.03 bits per heavy atom. The second-order valence-corrected chi connectivity index (χ2v) is 11.2. The molecular formula is C29H26N4O3S3. The van der Waals surface area contributed by atoms with Crippen LogP contribution in [0.2, 0.25) is 0 Å². The summed E-state index contributed by atoms with van der Waals surface area (Å²) in [7, 11) is 0. The second kappa shape index (κ2) is 12.0. The summed E-state index contributed by atoms with van der Waals surface area (Å²) >= 11 is 8.14. The van der Waals surface area contributed by atoms with E-state index in [2.05, 4.69) is 5.32 Å². The number of fused-ring (bicyclic) bond motifs is 1. The topological polar surface area (TPSA) is 78.1 Å². The fourth-order valence-corrected chi connectivity index (χ4v) is 6.25. The van der Waals surface area contributed by atoms with Crippen LogP contribution >= 0.6 is 35.3 Å². The molecule has 0 unspecified atom stereocenters. The first-order chi connectivity index (χ1) is 19.0. The van der Waals surface area contributed by atoms with E-state index in [1.165, 1.54) is 23.1 Å². The summed E-state index contributed by atoms with van der Waals surface area (Å²) in [6, 6.07) is 24.9. The van der Waals surface area contributed by atoms with E-state index in [1.54, 1.807) is 9.13 Å². The third kappa shape index (κ3) is 5.83. The molecule has 39 heavy (non-hydrogen) atoms. The molecule has 5 rings (SSSR count). The van der Waals surface area contributed by atoms with Crippen LogP contribution in [0.4, 0.5) is 0 Å². The van der Waals surface area contributed by atoms with Gasteiger partial charge in [0.1, 0.15) is 10.4 Å². The summed E-state index contributed by atoms with van der Waals surface area (Å²) in [4.78, 5) is 31.6. The molecule has 2 heterocycles. The van der Waals surface area contributed by atoms with E-state index in [0.29, 0.717) is 32.6 Å². The Morgan fingerprint density at radius 3 is 2.46 bits per heavy atom. The van der Waals surface area contributed by atoms with Gasteiger partial charge in [-0.1, -0.05) is 71.6 Å². The van der Waals surface area contributed by atoms with Crippen LogP contribution in [0, 0.1) is 10.9 Å². The van der Waals surface area contributed by atoms with E-state index in [9.17, 15) is 9.59 Å². The summed E-state index contributed by atoms with van der Waals surface area (Å²) in [5.41, 5.74) is 3.69. The Kier molecular flexibility index (Phi) is 8.25. The van der Waals surface area contributed by atoms with Crippen LogP contribution < -0.4 is 15.6 Å². The van der Waals surface area contributed by atoms with Crippen molar-refractivity contribution in [1.82, 2.24) is 19.4 Å². The zero-order valence-electron chi connectivity index (χ0n) is 21.4. The molecule has 0 fully saturated rings. The van der Waals surface area contributed by atoms with Crippen molar-refractivity contribution in [3.8, 4) is 17.1 Å². The minimum absolute atomic E-state index is 0.102. The lowest BCUT2D eigenvalue weighted by Crippen LogP contribution is -2.26. The number of amides is 1. The number of carbonyl (C=O) groups is 1. The summed E-state index contributed by atoms with van der Waals surface area (Å²) in [5, 5.41) is 3.36. The van der Waals surface area contributed by atoms with Crippen molar-refractivity contribution in [2.75, 3.05) is 12.4 Å². The number of thiazole rings is 1. The van der Waals surface area contributed by atoms with Crippen molar-refractivity contribution < 1.29 is 9.53 Å². The van der Waals surface area contributed by atoms with Gasteiger partial charge in [0, 0.05) is 12.2 Å². The van der Waals surface area contributed by atoms with Crippen molar-refractivity contribution in [3.63, 3.8) is 0 Å². The van der Waals surface area contributed by atoms with Crippen LogP contribution in [0.15, 0.2) is 88.8 Å². The summed E-state index contributed by atoms with van der Waals surface area (Å²) < 4.78 is 9.92. The maximum Gasteiger partial charge on any atom is 0.278 e. The monoisotopic (exact) mass is 574 g/mol. The molecule has 1 N–H and O–H groups in total. The van der Waals surface area contributed by atoms with Crippen LogP contribution in [0.5, 0.6) is 5.75 Å². The molecule has 0 aliphatic heterocycles. The largest absolute Gasteiger partial charge is 0.494 e. The van der Waals surface area contributed by atoms with Crippen LogP contribution in [0.1, 0.15) is 18.1 Å². The lowest BCUT2D eigenvalue weighted by atomic mass is 10.2. The fourth-order valence-electron chi connectivity index (χ4n) is 4.12. The summed E-state index contributed by atoms with van der Waals surface area (Å²) in [6.45, 7) is 4.87. The van der Waals surface area contributed by atoms with Gasteiger partial charge in [-0.3, -0.25) is 18.7 Å². The van der Waals surface area contributed by atoms with Crippen molar-refractivity contribution in [2.45, 2.75) is 25.5 Å². The molecule has 0 spiro atoms. The van der Waals surface area contributed by atoms with Gasteiger partial charge < -0.3 is 10.1 Å². The van der Waals surface area contributed by atoms with Crippen molar-refractivity contribution in [1.29, 1.82) is 0 Å². The van der Waals surface area contributed by atoms with E-state index < -0.39 is 0 Å². The van der Waals surface area contributed by atoms with Crippen LogP contribution in [0.25, 0.3) is 21.7 Å². The molecule has 2 aromatic heterocycles. The average molecular weight is 575 g/mol. The molecule has 5 aromatic rings. The van der Waals surface area contributed by atoms with Gasteiger partial charge in [-0.2, -0.15) is 0 Å². The number of nitrogens with zero attached hydrogens (tertiary/aromatic N) is 3. The molecule has 0 atom stereocenters. The summed E-state index contributed by atoms with van der Waals surface area (Å²) in [5.74, 6) is 0.702. The zero-order chi connectivity index (χ0) is 27.4. The van der Waals surface area contributed by atoms with Crippen LogP contribution in [-0.2, 0) is 11.3 Å². The Morgan fingerprint density at radius 2 is 1.74 bits per heavy atom. The quantitative estimate of drug-likeness (QED) is 0.131. The Balaban J connectivity index is 1.55. The van der Waals surface area contributed by atoms with Gasteiger partial charge in [-0.05, 0) is 67.5 Å². The Labute approximate surface area is 239 Å². The SMILES string of the molecule is CCOc1ccc(-n2c(=S)sc3c(=O)n(-c4ccccc4C)c(SCC(=O)NCc4ccccc4)nc32)cc1. The lowest BCUT2D eigenvalue weighted by Gasteiger charge is -2.15. The number of para-hydroxylation sites is 1. The predicted octanol–water partition coefficient (Wildman–Crippen LogP) is 6.08. The predicted molar refractivity (Wildman–Crippen MR) is 160 cm³/mol. The number of aryl methyl sites for hydroxylation is 1. The molecule has 0 bridgehead atoms. The smallest absolute Gasteiger partial charge is 0.278 e. The first kappa shape index (κ1) is 26.9. The normalized spacial score (nSPS) is 11.0. The number of rotatable bonds is 9. The van der Waals surface area contributed by atoms with Gasteiger partial charge in [-0.25, -0.2) is 4.98 Å². The average Bonchev–Trinajstić information content (AvgIpc) is 3.28. The van der Waals surface area contributed by atoms with E-state index in [-0.39, 0.29) is 17.2 Å². The number of thioether (sulfide) groups is 1. The van der Waals surface area contributed by atoms with Crippen molar-refractivity contribution in [3.05, 3.63) is 104 Å². The highest BCUT2D eigenvalue weighted by atomic mass is 32.2. The van der Waals surface area contributed by atoms with Gasteiger partial charge >= 0.3 is 0 Å². The molecule has 0 radical (unpaired) electrons.